The first-order valence-electron chi connectivity index (χ1n) is 7.64. The Labute approximate surface area is 157 Å². The quantitative estimate of drug-likeness (QED) is 0.517. The third-order valence-corrected chi connectivity index (χ3v) is 5.38. The summed E-state index contributed by atoms with van der Waals surface area (Å²) < 4.78 is 2.43. The smallest absolute Gasteiger partial charge is 0.261 e. The van der Waals surface area contributed by atoms with Crippen LogP contribution in [0.15, 0.2) is 63.0 Å². The molecule has 128 valence electrons. The lowest BCUT2D eigenvalue weighted by molar-refractivity contribution is -0.115. The van der Waals surface area contributed by atoms with Gasteiger partial charge in [0.1, 0.15) is 0 Å². The van der Waals surface area contributed by atoms with Gasteiger partial charge in [0.2, 0.25) is 5.91 Å². The van der Waals surface area contributed by atoms with Crippen molar-refractivity contribution >= 4 is 50.2 Å². The Morgan fingerprint density at radius 2 is 1.88 bits per heavy atom. The van der Waals surface area contributed by atoms with Crippen LogP contribution in [0.25, 0.3) is 10.9 Å². The van der Waals surface area contributed by atoms with Crippen LogP contribution in [0.4, 0.5) is 5.69 Å². The number of fused-ring (bicyclic) bond motifs is 1. The van der Waals surface area contributed by atoms with Crippen molar-refractivity contribution in [2.45, 2.75) is 17.3 Å². The molecule has 1 atom stereocenters. The van der Waals surface area contributed by atoms with Gasteiger partial charge in [-0.2, -0.15) is 0 Å². The van der Waals surface area contributed by atoms with E-state index in [0.717, 1.165) is 10.2 Å². The number of para-hydroxylation sites is 1. The van der Waals surface area contributed by atoms with E-state index in [0.29, 0.717) is 16.1 Å². The molecule has 2 aromatic carbocycles. The van der Waals surface area contributed by atoms with Gasteiger partial charge in [0.25, 0.3) is 5.56 Å². The Bertz CT molecular complexity index is 986. The molecule has 5 nitrogen and oxygen atoms in total. The lowest BCUT2D eigenvalue weighted by atomic mass is 10.2. The van der Waals surface area contributed by atoms with Gasteiger partial charge in [-0.05, 0) is 43.3 Å². The van der Waals surface area contributed by atoms with Crippen molar-refractivity contribution < 1.29 is 4.79 Å². The number of nitrogens with one attached hydrogen (secondary N) is 1. The van der Waals surface area contributed by atoms with Crippen LogP contribution in [-0.4, -0.2) is 20.7 Å². The molecule has 0 fully saturated rings. The fourth-order valence-corrected chi connectivity index (χ4v) is 3.43. The zero-order valence-corrected chi connectivity index (χ0v) is 16.1. The average molecular weight is 418 g/mol. The largest absolute Gasteiger partial charge is 0.325 e. The van der Waals surface area contributed by atoms with Gasteiger partial charge in [0.15, 0.2) is 5.16 Å². The first-order valence-corrected chi connectivity index (χ1v) is 9.32. The van der Waals surface area contributed by atoms with Gasteiger partial charge >= 0.3 is 0 Å². The van der Waals surface area contributed by atoms with E-state index in [4.69, 9.17) is 0 Å². The predicted octanol–water partition coefficient (Wildman–Crippen LogP) is 3.82. The number of carbonyl (C=O) groups excluding carboxylic acids is 1. The molecule has 0 saturated carbocycles. The molecule has 0 unspecified atom stereocenters. The Kier molecular flexibility index (Phi) is 5.24. The zero-order chi connectivity index (χ0) is 18.0. The standard InChI is InChI=1S/C18H16BrN3O2S/c1-11(16(23)20-13-9-7-12(19)8-10-13)25-18-21-15-6-4-3-5-14(15)17(24)22(18)2/h3-11H,1-2H3,(H,20,23)/t11-/m0/s1. The summed E-state index contributed by atoms with van der Waals surface area (Å²) in [5.41, 5.74) is 1.24. The number of benzene rings is 2. The van der Waals surface area contributed by atoms with E-state index < -0.39 is 5.25 Å². The molecule has 0 aliphatic heterocycles. The van der Waals surface area contributed by atoms with Crippen LogP contribution in [0, 0.1) is 0 Å². The molecule has 0 radical (unpaired) electrons. The minimum atomic E-state index is -0.400. The second-order valence-electron chi connectivity index (χ2n) is 5.53. The van der Waals surface area contributed by atoms with Crippen LogP contribution < -0.4 is 10.9 Å². The van der Waals surface area contributed by atoms with Crippen molar-refractivity contribution in [3.05, 3.63) is 63.4 Å². The van der Waals surface area contributed by atoms with Crippen molar-refractivity contribution in [2.75, 3.05) is 5.32 Å². The number of rotatable bonds is 4. The normalized spacial score (nSPS) is 12.1. The molecule has 3 rings (SSSR count). The van der Waals surface area contributed by atoms with E-state index in [-0.39, 0.29) is 11.5 Å². The summed E-state index contributed by atoms with van der Waals surface area (Å²) in [4.78, 5) is 29.3. The summed E-state index contributed by atoms with van der Waals surface area (Å²) >= 11 is 4.62. The molecule has 0 aliphatic carbocycles. The highest BCUT2D eigenvalue weighted by Gasteiger charge is 2.18. The lowest BCUT2D eigenvalue weighted by Gasteiger charge is -2.14. The molecule has 1 heterocycles. The highest BCUT2D eigenvalue weighted by Crippen LogP contribution is 2.23. The maximum absolute atomic E-state index is 12.4. The second kappa shape index (κ2) is 7.41. The molecule has 0 saturated heterocycles. The van der Waals surface area contributed by atoms with Crippen LogP contribution in [0.5, 0.6) is 0 Å². The summed E-state index contributed by atoms with van der Waals surface area (Å²) in [6.45, 7) is 1.79. The Balaban J connectivity index is 1.80. The number of halogens is 1. The number of carbonyl (C=O) groups is 1. The molecular formula is C18H16BrN3O2S. The van der Waals surface area contributed by atoms with Gasteiger partial charge in [0.05, 0.1) is 16.2 Å². The van der Waals surface area contributed by atoms with E-state index in [9.17, 15) is 9.59 Å². The van der Waals surface area contributed by atoms with Crippen molar-refractivity contribution in [2.24, 2.45) is 7.05 Å². The minimum absolute atomic E-state index is 0.117. The summed E-state index contributed by atoms with van der Waals surface area (Å²) in [5.74, 6) is -0.144. The number of amides is 1. The molecule has 7 heteroatoms. The van der Waals surface area contributed by atoms with Gasteiger partial charge in [-0.15, -0.1) is 0 Å². The van der Waals surface area contributed by atoms with E-state index in [1.807, 2.05) is 36.4 Å². The SMILES string of the molecule is C[C@H](Sc1nc2ccccc2c(=O)n1C)C(=O)Nc1ccc(Br)cc1. The van der Waals surface area contributed by atoms with Gasteiger partial charge in [-0.3, -0.25) is 14.2 Å². The predicted molar refractivity (Wildman–Crippen MR) is 105 cm³/mol. The molecule has 0 spiro atoms. The molecular weight excluding hydrogens is 402 g/mol. The second-order valence-corrected chi connectivity index (χ2v) is 7.76. The van der Waals surface area contributed by atoms with Crippen molar-refractivity contribution in [3.63, 3.8) is 0 Å². The molecule has 0 aliphatic rings. The van der Waals surface area contributed by atoms with Crippen LogP contribution in [0.1, 0.15) is 6.92 Å². The Morgan fingerprint density at radius 3 is 2.60 bits per heavy atom. The summed E-state index contributed by atoms with van der Waals surface area (Å²) in [5, 5.41) is 3.55. The van der Waals surface area contributed by atoms with Gasteiger partial charge in [0, 0.05) is 17.2 Å². The molecule has 1 N–H and O–H groups in total. The highest BCUT2D eigenvalue weighted by molar-refractivity contribution is 9.10. The lowest BCUT2D eigenvalue weighted by Crippen LogP contribution is -2.25. The zero-order valence-electron chi connectivity index (χ0n) is 13.7. The number of anilines is 1. The molecule has 3 aromatic rings. The minimum Gasteiger partial charge on any atom is -0.325 e. The van der Waals surface area contributed by atoms with E-state index in [1.165, 1.54) is 16.3 Å². The first kappa shape index (κ1) is 17.7. The third kappa shape index (κ3) is 3.93. The van der Waals surface area contributed by atoms with Crippen LogP contribution in [0.2, 0.25) is 0 Å². The van der Waals surface area contributed by atoms with Crippen molar-refractivity contribution in [1.29, 1.82) is 0 Å². The van der Waals surface area contributed by atoms with Crippen LogP contribution >= 0.6 is 27.7 Å². The number of aromatic nitrogens is 2. The van der Waals surface area contributed by atoms with Gasteiger partial charge in [-0.1, -0.05) is 39.8 Å². The Hall–Kier alpha value is -2.12. The summed E-state index contributed by atoms with van der Waals surface area (Å²) in [6, 6.07) is 14.6. The van der Waals surface area contributed by atoms with Crippen molar-refractivity contribution in [3.8, 4) is 0 Å². The number of hydrogen-bond acceptors (Lipinski definition) is 4. The fraction of sp³-hybridized carbons (Fsp3) is 0.167. The topological polar surface area (TPSA) is 64.0 Å². The number of hydrogen-bond donors (Lipinski definition) is 1. The highest BCUT2D eigenvalue weighted by atomic mass is 79.9. The van der Waals surface area contributed by atoms with E-state index in [1.54, 1.807) is 26.1 Å². The van der Waals surface area contributed by atoms with Crippen LogP contribution in [0.3, 0.4) is 0 Å². The van der Waals surface area contributed by atoms with Crippen LogP contribution in [-0.2, 0) is 11.8 Å². The van der Waals surface area contributed by atoms with E-state index >= 15 is 0 Å². The average Bonchev–Trinajstić information content (AvgIpc) is 2.61. The third-order valence-electron chi connectivity index (χ3n) is 3.71. The van der Waals surface area contributed by atoms with Gasteiger partial charge < -0.3 is 5.32 Å². The van der Waals surface area contributed by atoms with Gasteiger partial charge in [-0.25, -0.2) is 4.98 Å². The maximum atomic E-state index is 12.4. The first-order chi connectivity index (χ1) is 12.0. The monoisotopic (exact) mass is 417 g/mol. The van der Waals surface area contributed by atoms with Crippen molar-refractivity contribution in [1.82, 2.24) is 9.55 Å². The molecule has 0 bridgehead atoms. The van der Waals surface area contributed by atoms with E-state index in [2.05, 4.69) is 26.2 Å². The molecule has 1 amide bonds. The number of nitrogens with zero attached hydrogens (tertiary/aromatic N) is 2. The summed E-state index contributed by atoms with van der Waals surface area (Å²) in [6.07, 6.45) is 0. The number of thioether (sulfide) groups is 1. The molecule has 25 heavy (non-hydrogen) atoms. The maximum Gasteiger partial charge on any atom is 0.261 e. The Morgan fingerprint density at radius 1 is 1.20 bits per heavy atom. The summed E-state index contributed by atoms with van der Waals surface area (Å²) in [7, 11) is 1.67. The molecule has 1 aromatic heterocycles. The fourth-order valence-electron chi connectivity index (χ4n) is 2.29.